The van der Waals surface area contributed by atoms with Crippen molar-refractivity contribution in [1.82, 2.24) is 19.7 Å². The zero-order valence-electron chi connectivity index (χ0n) is 20.5. The molecule has 1 saturated carbocycles. The molecule has 2 unspecified atom stereocenters. The van der Waals surface area contributed by atoms with Crippen LogP contribution < -0.4 is 4.74 Å². The molecule has 1 aromatic heterocycles. The number of benzene rings is 2. The first kappa shape index (κ1) is 26.6. The van der Waals surface area contributed by atoms with Crippen LogP contribution in [0.15, 0.2) is 41.6 Å². The van der Waals surface area contributed by atoms with Gasteiger partial charge in [0.1, 0.15) is 5.75 Å². The van der Waals surface area contributed by atoms with E-state index < -0.39 is 11.6 Å². The molecule has 2 aliphatic rings. The summed E-state index contributed by atoms with van der Waals surface area (Å²) in [5.74, 6) is 0.929. The molecule has 0 amide bonds. The fraction of sp³-hybridized carbons (Fsp3) is 0.423. The van der Waals surface area contributed by atoms with Crippen molar-refractivity contribution in [3.8, 4) is 17.1 Å². The summed E-state index contributed by atoms with van der Waals surface area (Å²) in [6.45, 7) is 4.67. The molecule has 2 fully saturated rings. The van der Waals surface area contributed by atoms with Crippen molar-refractivity contribution < 1.29 is 18.3 Å². The highest BCUT2D eigenvalue weighted by molar-refractivity contribution is 7.99. The Hall–Kier alpha value is -2.49. The molecule has 3 aromatic rings. The van der Waals surface area contributed by atoms with Gasteiger partial charge in [-0.1, -0.05) is 17.8 Å². The second kappa shape index (κ2) is 10.5. The van der Waals surface area contributed by atoms with Crippen LogP contribution in [-0.4, -0.2) is 57.9 Å². The first-order valence-corrected chi connectivity index (χ1v) is 12.7. The lowest BCUT2D eigenvalue weighted by Crippen LogP contribution is -2.28. The van der Waals surface area contributed by atoms with Gasteiger partial charge in [-0.05, 0) is 68.1 Å². The zero-order valence-corrected chi connectivity index (χ0v) is 22.1. The van der Waals surface area contributed by atoms with Crippen LogP contribution in [0.1, 0.15) is 35.7 Å². The van der Waals surface area contributed by atoms with Gasteiger partial charge in [-0.25, -0.2) is 8.78 Å². The first-order valence-electron chi connectivity index (χ1n) is 11.7. The number of nitrogens with zero attached hydrogens (tertiary/aromatic N) is 4. The minimum atomic E-state index is -0.895. The number of fused-ring (bicyclic) bond motifs is 1. The highest BCUT2D eigenvalue weighted by Crippen LogP contribution is 2.59. The Kier molecular flexibility index (Phi) is 7.73. The minimum Gasteiger partial charge on any atom is -0.496 e. The Morgan fingerprint density at radius 3 is 2.72 bits per heavy atom. The number of aromatic nitrogens is 3. The van der Waals surface area contributed by atoms with Gasteiger partial charge < -0.3 is 14.2 Å². The standard InChI is InChI=1S/C26H28F2N4O2S.ClH/c1-16(33)20-12-18(6-8-23(20)34-3)26-13-19(26)14-32(15-26)9-4-10-35-25-30-29-24(31(25)2)17-5-7-21(27)22(28)11-17;/h5-8,11-12,19H,4,9-10,13-15H2,1-3H3;1H. The second-order valence-electron chi connectivity index (χ2n) is 9.46. The molecule has 1 saturated heterocycles. The van der Waals surface area contributed by atoms with E-state index in [-0.39, 0.29) is 23.6 Å². The Labute approximate surface area is 219 Å². The van der Waals surface area contributed by atoms with Crippen molar-refractivity contribution in [2.45, 2.75) is 30.3 Å². The molecule has 0 N–H and O–H groups in total. The third kappa shape index (κ3) is 4.88. The molecule has 6 nitrogen and oxygen atoms in total. The number of rotatable bonds is 9. The molecule has 0 spiro atoms. The lowest BCUT2D eigenvalue weighted by molar-refractivity contribution is 0.101. The van der Waals surface area contributed by atoms with E-state index in [1.165, 1.54) is 18.1 Å². The van der Waals surface area contributed by atoms with E-state index in [0.29, 0.717) is 28.6 Å². The van der Waals surface area contributed by atoms with Gasteiger partial charge in [0.2, 0.25) is 0 Å². The van der Waals surface area contributed by atoms with Crippen LogP contribution in [0.2, 0.25) is 0 Å². The van der Waals surface area contributed by atoms with Crippen molar-refractivity contribution in [3.63, 3.8) is 0 Å². The fourth-order valence-corrected chi connectivity index (χ4v) is 6.11. The van der Waals surface area contributed by atoms with Gasteiger partial charge >= 0.3 is 0 Å². The number of hydrogen-bond acceptors (Lipinski definition) is 6. The highest BCUT2D eigenvalue weighted by Gasteiger charge is 2.60. The van der Waals surface area contributed by atoms with Crippen LogP contribution in [0, 0.1) is 17.6 Å². The predicted molar refractivity (Wildman–Crippen MR) is 138 cm³/mol. The molecule has 2 aromatic carbocycles. The number of thioether (sulfide) groups is 1. The third-order valence-corrected chi connectivity index (χ3v) is 8.34. The summed E-state index contributed by atoms with van der Waals surface area (Å²) >= 11 is 1.61. The maximum atomic E-state index is 13.6. The Balaban J connectivity index is 0.00000304. The monoisotopic (exact) mass is 534 g/mol. The molecular formula is C26H29ClF2N4O2S. The maximum Gasteiger partial charge on any atom is 0.191 e. The van der Waals surface area contributed by atoms with E-state index in [9.17, 15) is 13.6 Å². The quantitative estimate of drug-likeness (QED) is 0.215. The molecule has 192 valence electrons. The van der Waals surface area contributed by atoms with Gasteiger partial charge in [-0.3, -0.25) is 4.79 Å². The lowest BCUT2D eigenvalue weighted by atomic mass is 9.92. The van der Waals surface area contributed by atoms with Crippen molar-refractivity contribution in [3.05, 3.63) is 59.2 Å². The van der Waals surface area contributed by atoms with Crippen LogP contribution in [0.25, 0.3) is 11.4 Å². The Morgan fingerprint density at radius 1 is 1.19 bits per heavy atom. The van der Waals surface area contributed by atoms with Gasteiger partial charge in [0.15, 0.2) is 28.4 Å². The molecule has 2 atom stereocenters. The van der Waals surface area contributed by atoms with E-state index in [4.69, 9.17) is 4.74 Å². The molecule has 2 heterocycles. The summed E-state index contributed by atoms with van der Waals surface area (Å²) in [4.78, 5) is 14.6. The van der Waals surface area contributed by atoms with Crippen molar-refractivity contribution >= 4 is 30.0 Å². The summed E-state index contributed by atoms with van der Waals surface area (Å²) in [7, 11) is 3.43. The van der Waals surface area contributed by atoms with E-state index >= 15 is 0 Å². The van der Waals surface area contributed by atoms with Crippen molar-refractivity contribution in [1.29, 1.82) is 0 Å². The predicted octanol–water partition coefficient (Wildman–Crippen LogP) is 5.15. The third-order valence-electron chi connectivity index (χ3n) is 7.23. The molecule has 5 rings (SSSR count). The van der Waals surface area contributed by atoms with Crippen LogP contribution in [-0.2, 0) is 12.5 Å². The number of Topliss-reactive ketones (excluding diaryl/α,β-unsaturated/α-hetero) is 1. The van der Waals surface area contributed by atoms with Crippen LogP contribution in [0.4, 0.5) is 8.78 Å². The Morgan fingerprint density at radius 2 is 2.00 bits per heavy atom. The minimum absolute atomic E-state index is 0. The zero-order chi connectivity index (χ0) is 24.7. The largest absolute Gasteiger partial charge is 0.496 e. The number of methoxy groups -OCH3 is 1. The number of ketones is 1. The molecule has 0 bridgehead atoms. The average molecular weight is 535 g/mol. The summed E-state index contributed by atoms with van der Waals surface area (Å²) < 4.78 is 34.0. The van der Waals surface area contributed by atoms with Crippen molar-refractivity contribution in [2.75, 3.05) is 32.5 Å². The van der Waals surface area contributed by atoms with Gasteiger partial charge in [0, 0.05) is 36.9 Å². The summed E-state index contributed by atoms with van der Waals surface area (Å²) in [5, 5.41) is 9.14. The van der Waals surface area contributed by atoms with Crippen LogP contribution in [0.3, 0.4) is 0 Å². The molecular weight excluding hydrogens is 506 g/mol. The number of carbonyl (C=O) groups is 1. The van der Waals surface area contributed by atoms with E-state index in [1.807, 2.05) is 23.7 Å². The summed E-state index contributed by atoms with van der Waals surface area (Å²) in [6.07, 6.45) is 2.18. The number of halogens is 3. The van der Waals surface area contributed by atoms with E-state index in [2.05, 4.69) is 21.2 Å². The second-order valence-corrected chi connectivity index (χ2v) is 10.5. The highest BCUT2D eigenvalue weighted by atomic mass is 35.5. The molecule has 10 heteroatoms. The van der Waals surface area contributed by atoms with Crippen LogP contribution in [0.5, 0.6) is 5.75 Å². The SMILES string of the molecule is COc1ccc(C23CC2CN(CCCSc2nnc(-c4ccc(F)c(F)c4)n2C)C3)cc1C(C)=O.Cl. The van der Waals surface area contributed by atoms with Crippen LogP contribution >= 0.6 is 24.2 Å². The topological polar surface area (TPSA) is 60.2 Å². The summed E-state index contributed by atoms with van der Waals surface area (Å²) in [6, 6.07) is 9.82. The molecule has 1 aliphatic heterocycles. The number of hydrogen-bond donors (Lipinski definition) is 0. The summed E-state index contributed by atoms with van der Waals surface area (Å²) in [5.41, 5.74) is 2.56. The van der Waals surface area contributed by atoms with E-state index in [1.54, 1.807) is 25.8 Å². The molecule has 36 heavy (non-hydrogen) atoms. The smallest absolute Gasteiger partial charge is 0.191 e. The molecule has 1 aliphatic carbocycles. The number of piperidine rings is 1. The van der Waals surface area contributed by atoms with Gasteiger partial charge in [0.25, 0.3) is 0 Å². The molecule has 0 radical (unpaired) electrons. The normalized spacial score (nSPS) is 20.6. The van der Waals surface area contributed by atoms with Gasteiger partial charge in [0.05, 0.1) is 12.7 Å². The first-order chi connectivity index (χ1) is 16.8. The Bertz CT molecular complexity index is 1290. The number of carbonyl (C=O) groups excluding carboxylic acids is 1. The number of ether oxygens (including phenoxy) is 1. The average Bonchev–Trinajstić information content (AvgIpc) is 3.22. The number of likely N-dealkylation sites (tertiary alicyclic amines) is 1. The maximum absolute atomic E-state index is 13.6. The van der Waals surface area contributed by atoms with Crippen molar-refractivity contribution in [2.24, 2.45) is 13.0 Å². The van der Waals surface area contributed by atoms with Gasteiger partial charge in [-0.15, -0.1) is 22.6 Å². The van der Waals surface area contributed by atoms with Gasteiger partial charge in [-0.2, -0.15) is 0 Å². The lowest BCUT2D eigenvalue weighted by Gasteiger charge is -2.21. The fourth-order valence-electron chi connectivity index (χ4n) is 5.28. The van der Waals surface area contributed by atoms with E-state index in [0.717, 1.165) is 49.1 Å².